The normalized spacial score (nSPS) is 30.4. The van der Waals surface area contributed by atoms with E-state index in [2.05, 4.69) is 4.90 Å². The van der Waals surface area contributed by atoms with E-state index in [9.17, 15) is 20.1 Å². The lowest BCUT2D eigenvalue weighted by Gasteiger charge is -2.34. The SMILES string of the molecule is CCC(C)[C@](O)(C(=O)OCC1=CCN2CC[C@H](O)[C@@H]12)[C@@H](C)O. The van der Waals surface area contributed by atoms with Crippen LogP contribution in [-0.2, 0) is 9.53 Å². The zero-order chi connectivity index (χ0) is 16.5. The first-order valence-corrected chi connectivity index (χ1v) is 8.01. The summed E-state index contributed by atoms with van der Waals surface area (Å²) >= 11 is 0. The molecule has 1 saturated heterocycles. The summed E-state index contributed by atoms with van der Waals surface area (Å²) in [5, 5.41) is 30.3. The number of fused-ring (bicyclic) bond motifs is 1. The Hall–Kier alpha value is -0.950. The van der Waals surface area contributed by atoms with Crippen molar-refractivity contribution >= 4 is 5.97 Å². The van der Waals surface area contributed by atoms with Crippen LogP contribution in [-0.4, -0.2) is 69.7 Å². The van der Waals surface area contributed by atoms with Crippen LogP contribution in [0.15, 0.2) is 11.6 Å². The minimum Gasteiger partial charge on any atom is -0.459 e. The van der Waals surface area contributed by atoms with E-state index in [0.29, 0.717) is 6.42 Å². The first-order chi connectivity index (χ1) is 10.3. The summed E-state index contributed by atoms with van der Waals surface area (Å²) in [6.07, 6.45) is 1.60. The van der Waals surface area contributed by atoms with Crippen LogP contribution in [0.1, 0.15) is 33.6 Å². The molecule has 2 rings (SSSR count). The molecule has 0 spiro atoms. The van der Waals surface area contributed by atoms with E-state index in [0.717, 1.165) is 25.1 Å². The third kappa shape index (κ3) is 2.93. The maximum absolute atomic E-state index is 12.3. The molecule has 1 fully saturated rings. The van der Waals surface area contributed by atoms with Crippen LogP contribution in [0.25, 0.3) is 0 Å². The molecule has 0 saturated carbocycles. The monoisotopic (exact) mass is 313 g/mol. The van der Waals surface area contributed by atoms with E-state index < -0.39 is 29.7 Å². The molecule has 0 aromatic carbocycles. The van der Waals surface area contributed by atoms with Gasteiger partial charge in [0.25, 0.3) is 0 Å². The lowest BCUT2D eigenvalue weighted by Crippen LogP contribution is -2.54. The summed E-state index contributed by atoms with van der Waals surface area (Å²) in [6.45, 7) is 6.58. The van der Waals surface area contributed by atoms with Crippen molar-refractivity contribution in [2.45, 2.75) is 57.5 Å². The van der Waals surface area contributed by atoms with Gasteiger partial charge in [0.05, 0.1) is 18.2 Å². The lowest BCUT2D eigenvalue weighted by molar-refractivity contribution is -0.185. The average molecular weight is 313 g/mol. The van der Waals surface area contributed by atoms with Crippen LogP contribution in [0.5, 0.6) is 0 Å². The van der Waals surface area contributed by atoms with Gasteiger partial charge >= 0.3 is 5.97 Å². The van der Waals surface area contributed by atoms with Crippen LogP contribution in [0, 0.1) is 5.92 Å². The zero-order valence-electron chi connectivity index (χ0n) is 13.5. The van der Waals surface area contributed by atoms with Gasteiger partial charge in [-0.2, -0.15) is 0 Å². The van der Waals surface area contributed by atoms with Gasteiger partial charge in [-0.15, -0.1) is 0 Å². The molecule has 0 bridgehead atoms. The fourth-order valence-corrected chi connectivity index (χ4v) is 3.38. The smallest absolute Gasteiger partial charge is 0.341 e. The predicted molar refractivity (Wildman–Crippen MR) is 81.1 cm³/mol. The molecular weight excluding hydrogens is 286 g/mol. The molecule has 6 heteroatoms. The van der Waals surface area contributed by atoms with Crippen LogP contribution < -0.4 is 0 Å². The third-order valence-corrected chi connectivity index (χ3v) is 5.14. The average Bonchev–Trinajstić information content (AvgIpc) is 3.06. The molecule has 2 aliphatic rings. The highest BCUT2D eigenvalue weighted by molar-refractivity contribution is 5.80. The van der Waals surface area contributed by atoms with Crippen molar-refractivity contribution < 1.29 is 24.9 Å². The Bertz CT molecular complexity index is 450. The minimum atomic E-state index is -1.90. The van der Waals surface area contributed by atoms with Crippen molar-refractivity contribution in [3.05, 3.63) is 11.6 Å². The maximum atomic E-state index is 12.3. The summed E-state index contributed by atoms with van der Waals surface area (Å²) in [7, 11) is 0. The number of hydrogen-bond donors (Lipinski definition) is 3. The second-order valence-corrected chi connectivity index (χ2v) is 6.46. The molecular formula is C16H27NO5. The molecule has 2 heterocycles. The van der Waals surface area contributed by atoms with Crippen LogP contribution in [0.4, 0.5) is 0 Å². The van der Waals surface area contributed by atoms with Gasteiger partial charge in [0, 0.05) is 13.1 Å². The molecule has 0 aliphatic carbocycles. The summed E-state index contributed by atoms with van der Waals surface area (Å²) in [4.78, 5) is 14.4. The van der Waals surface area contributed by atoms with E-state index in [1.54, 1.807) is 6.92 Å². The van der Waals surface area contributed by atoms with Crippen LogP contribution in [0.2, 0.25) is 0 Å². The number of nitrogens with zero attached hydrogens (tertiary/aromatic N) is 1. The Labute approximate surface area is 131 Å². The van der Waals surface area contributed by atoms with Crippen LogP contribution in [0.3, 0.4) is 0 Å². The summed E-state index contributed by atoms with van der Waals surface area (Å²) in [5.41, 5.74) is -1.03. The molecule has 2 aliphatic heterocycles. The molecule has 6 nitrogen and oxygen atoms in total. The molecule has 22 heavy (non-hydrogen) atoms. The Morgan fingerprint density at radius 3 is 2.82 bits per heavy atom. The molecule has 0 aromatic rings. The summed E-state index contributed by atoms with van der Waals surface area (Å²) in [5.74, 6) is -1.21. The highest BCUT2D eigenvalue weighted by Gasteiger charge is 2.47. The van der Waals surface area contributed by atoms with Crippen LogP contribution >= 0.6 is 0 Å². The van der Waals surface area contributed by atoms with Crippen molar-refractivity contribution in [3.63, 3.8) is 0 Å². The maximum Gasteiger partial charge on any atom is 0.341 e. The molecule has 0 amide bonds. The Balaban J connectivity index is 2.00. The van der Waals surface area contributed by atoms with Gasteiger partial charge in [-0.3, -0.25) is 4.90 Å². The highest BCUT2D eigenvalue weighted by atomic mass is 16.6. The van der Waals surface area contributed by atoms with E-state index in [1.165, 1.54) is 6.92 Å². The molecule has 5 atom stereocenters. The van der Waals surface area contributed by atoms with Gasteiger partial charge < -0.3 is 20.1 Å². The van der Waals surface area contributed by atoms with Gasteiger partial charge in [0.15, 0.2) is 5.60 Å². The quantitative estimate of drug-likeness (QED) is 0.475. The highest BCUT2D eigenvalue weighted by Crippen LogP contribution is 2.30. The first kappa shape index (κ1) is 17.4. The van der Waals surface area contributed by atoms with E-state index in [4.69, 9.17) is 4.74 Å². The zero-order valence-corrected chi connectivity index (χ0v) is 13.5. The molecule has 3 N–H and O–H groups in total. The van der Waals surface area contributed by atoms with Crippen molar-refractivity contribution in [1.82, 2.24) is 4.90 Å². The number of carbonyl (C=O) groups is 1. The van der Waals surface area contributed by atoms with E-state index in [-0.39, 0.29) is 12.6 Å². The van der Waals surface area contributed by atoms with Gasteiger partial charge in [0.2, 0.25) is 0 Å². The second-order valence-electron chi connectivity index (χ2n) is 6.46. The minimum absolute atomic E-state index is 0.0442. The van der Waals surface area contributed by atoms with E-state index >= 15 is 0 Å². The third-order valence-electron chi connectivity index (χ3n) is 5.14. The number of esters is 1. The van der Waals surface area contributed by atoms with Crippen molar-refractivity contribution in [2.75, 3.05) is 19.7 Å². The summed E-state index contributed by atoms with van der Waals surface area (Å²) in [6, 6.07) is -0.0870. The van der Waals surface area contributed by atoms with Gasteiger partial charge in [0.1, 0.15) is 6.61 Å². The topological polar surface area (TPSA) is 90.2 Å². The van der Waals surface area contributed by atoms with Crippen molar-refractivity contribution in [2.24, 2.45) is 5.92 Å². The number of rotatable bonds is 6. The number of ether oxygens (including phenoxy) is 1. The number of carbonyl (C=O) groups excluding carboxylic acids is 1. The fraction of sp³-hybridized carbons (Fsp3) is 0.812. The lowest BCUT2D eigenvalue weighted by atomic mass is 9.82. The molecule has 0 aromatic heterocycles. The van der Waals surface area contributed by atoms with Crippen molar-refractivity contribution in [3.8, 4) is 0 Å². The second kappa shape index (κ2) is 6.66. The molecule has 126 valence electrons. The van der Waals surface area contributed by atoms with Gasteiger partial charge in [-0.25, -0.2) is 4.79 Å². The Morgan fingerprint density at radius 1 is 1.55 bits per heavy atom. The van der Waals surface area contributed by atoms with Gasteiger partial charge in [-0.1, -0.05) is 26.3 Å². The fourth-order valence-electron chi connectivity index (χ4n) is 3.38. The van der Waals surface area contributed by atoms with E-state index in [1.807, 2.05) is 13.0 Å². The largest absolute Gasteiger partial charge is 0.459 e. The number of hydrogen-bond acceptors (Lipinski definition) is 6. The van der Waals surface area contributed by atoms with Crippen molar-refractivity contribution in [1.29, 1.82) is 0 Å². The number of aliphatic hydroxyl groups excluding tert-OH is 2. The number of aliphatic hydroxyl groups is 3. The Morgan fingerprint density at radius 2 is 2.23 bits per heavy atom. The predicted octanol–water partition coefficient (Wildman–Crippen LogP) is 0.0628. The molecule has 1 unspecified atom stereocenters. The standard InChI is InChI=1S/C16H27NO5/c1-4-10(2)16(21,11(3)18)15(20)22-9-12-5-7-17-8-6-13(19)14(12)17/h5,10-11,13-14,18-19,21H,4,6-9H2,1-3H3/t10?,11-,13+,14-,16-/m1/s1. The summed E-state index contributed by atoms with van der Waals surface area (Å²) < 4.78 is 5.28. The first-order valence-electron chi connectivity index (χ1n) is 8.01. The Kier molecular flexibility index (Phi) is 5.27. The van der Waals surface area contributed by atoms with Gasteiger partial charge in [-0.05, 0) is 24.8 Å². The molecule has 0 radical (unpaired) electrons.